The number of anilines is 1. The summed E-state index contributed by atoms with van der Waals surface area (Å²) in [5.41, 5.74) is 3.86. The van der Waals surface area contributed by atoms with Crippen molar-refractivity contribution < 1.29 is 0 Å². The number of halogens is 3. The number of nitrogens with zero attached hydrogens (tertiary/aromatic N) is 2. The van der Waals surface area contributed by atoms with Gasteiger partial charge in [0.15, 0.2) is 5.82 Å². The highest BCUT2D eigenvalue weighted by Gasteiger charge is 2.08. The molecule has 0 aliphatic heterocycles. The summed E-state index contributed by atoms with van der Waals surface area (Å²) < 4.78 is 0. The lowest BCUT2D eigenvalue weighted by Crippen LogP contribution is -1.96. The molecule has 0 fully saturated rings. The molecule has 0 radical (unpaired) electrons. The molecule has 4 rings (SSSR count). The van der Waals surface area contributed by atoms with Crippen molar-refractivity contribution in [3.63, 3.8) is 0 Å². The van der Waals surface area contributed by atoms with Crippen molar-refractivity contribution >= 4 is 68.4 Å². The molecule has 3 aromatic carbocycles. The van der Waals surface area contributed by atoms with Gasteiger partial charge in [0, 0.05) is 5.56 Å². The number of benzene rings is 3. The first-order valence-corrected chi connectivity index (χ1v) is 8.98. The van der Waals surface area contributed by atoms with Gasteiger partial charge in [0.1, 0.15) is 5.15 Å². The van der Waals surface area contributed by atoms with E-state index in [1.165, 1.54) is 6.07 Å². The third kappa shape index (κ3) is 3.21. The van der Waals surface area contributed by atoms with E-state index in [1.54, 1.807) is 6.21 Å². The van der Waals surface area contributed by atoms with Crippen LogP contribution in [-0.2, 0) is 0 Å². The zero-order valence-electron chi connectivity index (χ0n) is 13.4. The van der Waals surface area contributed by atoms with Gasteiger partial charge in [0.05, 0.1) is 16.3 Å². The number of hydrogen-bond acceptors (Lipinski definition) is 3. The number of rotatable bonds is 3. The van der Waals surface area contributed by atoms with Crippen LogP contribution < -0.4 is 5.43 Å². The monoisotopic (exact) mass is 399 g/mol. The molecular formula is C20H12Cl3N3. The average Bonchev–Trinajstić information content (AvgIpc) is 2.65. The zero-order chi connectivity index (χ0) is 18.1. The summed E-state index contributed by atoms with van der Waals surface area (Å²) in [6.45, 7) is 0. The van der Waals surface area contributed by atoms with Crippen LogP contribution >= 0.6 is 34.8 Å². The molecule has 128 valence electrons. The Labute approximate surface area is 165 Å². The Morgan fingerprint density at radius 1 is 0.808 bits per heavy atom. The Balaban J connectivity index is 1.78. The molecule has 0 amide bonds. The van der Waals surface area contributed by atoms with Crippen LogP contribution in [0.15, 0.2) is 65.8 Å². The number of hydrazone groups is 1. The molecule has 0 spiro atoms. The molecule has 0 unspecified atom stereocenters. The van der Waals surface area contributed by atoms with Crippen LogP contribution in [0.2, 0.25) is 15.2 Å². The lowest BCUT2D eigenvalue weighted by molar-refractivity contribution is 1.23. The lowest BCUT2D eigenvalue weighted by atomic mass is 9.97. The molecule has 0 atom stereocenters. The smallest absolute Gasteiger partial charge is 0.166 e. The van der Waals surface area contributed by atoms with Crippen LogP contribution in [0.25, 0.3) is 21.5 Å². The standard InChI is InChI=1S/C20H12Cl3N3/c21-17-10-18(22)20(25-19(17)23)26-24-11-16-14-7-3-1-5-12(14)9-13-6-2-4-8-15(13)16/h1-11H,(H,25,26). The molecule has 0 saturated heterocycles. The molecule has 6 heteroatoms. The van der Waals surface area contributed by atoms with Crippen molar-refractivity contribution in [2.75, 3.05) is 5.43 Å². The first kappa shape index (κ1) is 17.1. The number of pyridine rings is 1. The maximum Gasteiger partial charge on any atom is 0.166 e. The minimum atomic E-state index is 0.171. The van der Waals surface area contributed by atoms with Crippen LogP contribution in [0.4, 0.5) is 5.82 Å². The predicted molar refractivity (Wildman–Crippen MR) is 112 cm³/mol. The first-order valence-electron chi connectivity index (χ1n) is 7.84. The predicted octanol–water partition coefficient (Wildman–Crippen LogP) is 6.79. The Kier molecular flexibility index (Phi) is 4.68. The summed E-state index contributed by atoms with van der Waals surface area (Å²) in [6, 6.07) is 20.1. The van der Waals surface area contributed by atoms with Crippen molar-refractivity contribution in [2.24, 2.45) is 5.10 Å². The van der Waals surface area contributed by atoms with E-state index in [1.807, 2.05) is 24.3 Å². The fourth-order valence-corrected chi connectivity index (χ4v) is 3.41. The normalized spacial score (nSPS) is 11.5. The van der Waals surface area contributed by atoms with Gasteiger partial charge in [-0.3, -0.25) is 5.43 Å². The second-order valence-electron chi connectivity index (χ2n) is 5.69. The van der Waals surface area contributed by atoms with Crippen LogP contribution in [0, 0.1) is 0 Å². The molecule has 26 heavy (non-hydrogen) atoms. The summed E-state index contributed by atoms with van der Waals surface area (Å²) in [6.07, 6.45) is 1.77. The van der Waals surface area contributed by atoms with Crippen LogP contribution in [0.3, 0.4) is 0 Å². The van der Waals surface area contributed by atoms with E-state index < -0.39 is 0 Å². The van der Waals surface area contributed by atoms with E-state index in [9.17, 15) is 0 Å². The van der Waals surface area contributed by atoms with Gasteiger partial charge in [0.25, 0.3) is 0 Å². The van der Waals surface area contributed by atoms with E-state index in [2.05, 4.69) is 45.8 Å². The van der Waals surface area contributed by atoms with Crippen molar-refractivity contribution in [1.29, 1.82) is 0 Å². The Morgan fingerprint density at radius 3 is 2.08 bits per heavy atom. The van der Waals surface area contributed by atoms with Crippen LogP contribution in [-0.4, -0.2) is 11.2 Å². The van der Waals surface area contributed by atoms with Crippen molar-refractivity contribution in [3.05, 3.63) is 81.4 Å². The molecule has 1 aromatic heterocycles. The molecule has 1 heterocycles. The second-order valence-corrected chi connectivity index (χ2v) is 6.87. The SMILES string of the molecule is Clc1cc(Cl)c(NN=Cc2c3ccccc3cc3ccccc23)nc1Cl. The number of aromatic nitrogens is 1. The van der Waals surface area contributed by atoms with Gasteiger partial charge in [-0.05, 0) is 33.7 Å². The highest BCUT2D eigenvalue weighted by Crippen LogP contribution is 2.29. The molecule has 0 aliphatic rings. The average molecular weight is 401 g/mol. The van der Waals surface area contributed by atoms with E-state index >= 15 is 0 Å². The van der Waals surface area contributed by atoms with Gasteiger partial charge in [-0.15, -0.1) is 0 Å². The van der Waals surface area contributed by atoms with Crippen molar-refractivity contribution in [1.82, 2.24) is 4.98 Å². The summed E-state index contributed by atoms with van der Waals surface area (Å²) in [5, 5.41) is 9.67. The first-order chi connectivity index (χ1) is 12.6. The van der Waals surface area contributed by atoms with Gasteiger partial charge in [-0.25, -0.2) is 4.98 Å². The van der Waals surface area contributed by atoms with E-state index in [0.29, 0.717) is 15.9 Å². The number of hydrogen-bond donors (Lipinski definition) is 1. The summed E-state index contributed by atoms with van der Waals surface area (Å²) in [5.74, 6) is 0.349. The quantitative estimate of drug-likeness (QED) is 0.178. The number of fused-ring (bicyclic) bond motifs is 2. The van der Waals surface area contributed by atoms with Crippen LogP contribution in [0.5, 0.6) is 0 Å². The molecule has 0 saturated carbocycles. The third-order valence-electron chi connectivity index (χ3n) is 4.06. The van der Waals surface area contributed by atoms with Gasteiger partial charge < -0.3 is 0 Å². The number of nitrogens with one attached hydrogen (secondary N) is 1. The van der Waals surface area contributed by atoms with Crippen molar-refractivity contribution in [2.45, 2.75) is 0 Å². The Bertz CT molecular complexity index is 1100. The molecule has 3 nitrogen and oxygen atoms in total. The molecule has 4 aromatic rings. The minimum Gasteiger partial charge on any atom is -0.260 e. The largest absolute Gasteiger partial charge is 0.260 e. The maximum atomic E-state index is 6.13. The van der Waals surface area contributed by atoms with Gasteiger partial charge >= 0.3 is 0 Å². The topological polar surface area (TPSA) is 37.3 Å². The molecule has 0 aliphatic carbocycles. The highest BCUT2D eigenvalue weighted by atomic mass is 35.5. The van der Waals surface area contributed by atoms with E-state index in [4.69, 9.17) is 34.8 Å². The summed E-state index contributed by atoms with van der Waals surface area (Å²) >= 11 is 18.0. The van der Waals surface area contributed by atoms with E-state index in [0.717, 1.165) is 27.1 Å². The molecule has 1 N–H and O–H groups in total. The van der Waals surface area contributed by atoms with Gasteiger partial charge in [-0.2, -0.15) is 5.10 Å². The maximum absolute atomic E-state index is 6.13. The molecular weight excluding hydrogens is 389 g/mol. The fourth-order valence-electron chi connectivity index (χ4n) is 2.87. The lowest BCUT2D eigenvalue weighted by Gasteiger charge is -2.08. The van der Waals surface area contributed by atoms with Crippen molar-refractivity contribution in [3.8, 4) is 0 Å². The Morgan fingerprint density at radius 2 is 1.42 bits per heavy atom. The highest BCUT2D eigenvalue weighted by molar-refractivity contribution is 6.42. The van der Waals surface area contributed by atoms with Gasteiger partial charge in [-0.1, -0.05) is 83.3 Å². The van der Waals surface area contributed by atoms with Crippen LogP contribution in [0.1, 0.15) is 5.56 Å². The summed E-state index contributed by atoms with van der Waals surface area (Å²) in [7, 11) is 0. The third-order valence-corrected chi connectivity index (χ3v) is 5.02. The van der Waals surface area contributed by atoms with Gasteiger partial charge in [0.2, 0.25) is 0 Å². The fraction of sp³-hybridized carbons (Fsp3) is 0. The minimum absolute atomic E-state index is 0.171. The summed E-state index contributed by atoms with van der Waals surface area (Å²) in [4.78, 5) is 4.10. The Hall–Kier alpha value is -2.33. The van der Waals surface area contributed by atoms with E-state index in [-0.39, 0.29) is 5.15 Å². The second kappa shape index (κ2) is 7.12. The molecule has 0 bridgehead atoms. The zero-order valence-corrected chi connectivity index (χ0v) is 15.6.